The summed E-state index contributed by atoms with van der Waals surface area (Å²) in [4.78, 5) is -0.00560. The van der Waals surface area contributed by atoms with Gasteiger partial charge in [-0.25, -0.2) is 13.6 Å². The lowest BCUT2D eigenvalue weighted by atomic mass is 10.1. The van der Waals surface area contributed by atoms with Gasteiger partial charge in [-0.15, -0.1) is 0 Å². The van der Waals surface area contributed by atoms with E-state index < -0.39 is 10.0 Å². The van der Waals surface area contributed by atoms with Crippen LogP contribution in [0.3, 0.4) is 0 Å². The van der Waals surface area contributed by atoms with E-state index in [1.807, 2.05) is 6.92 Å². The smallest absolute Gasteiger partial charge is 0.238 e. The summed E-state index contributed by atoms with van der Waals surface area (Å²) >= 11 is 0. The summed E-state index contributed by atoms with van der Waals surface area (Å²) in [7, 11) is -3.72. The van der Waals surface area contributed by atoms with Gasteiger partial charge in [0.15, 0.2) is 0 Å². The van der Waals surface area contributed by atoms with Crippen LogP contribution in [0.25, 0.3) is 0 Å². The molecule has 1 aromatic rings. The minimum absolute atomic E-state index is 0.00560. The predicted molar refractivity (Wildman–Crippen MR) is 71.6 cm³/mol. The van der Waals surface area contributed by atoms with Crippen LogP contribution in [0.1, 0.15) is 13.3 Å². The number of nitrogens with two attached hydrogens (primary N) is 2. The van der Waals surface area contributed by atoms with E-state index in [4.69, 9.17) is 16.0 Å². The normalized spacial score (nSPS) is 13.3. The first-order chi connectivity index (χ1) is 8.34. The lowest BCUT2D eigenvalue weighted by molar-refractivity contribution is 0.266. The molecule has 0 aromatic heterocycles. The fourth-order valence-corrected chi connectivity index (χ4v) is 2.03. The highest BCUT2D eigenvalue weighted by atomic mass is 32.2. The molecule has 6 nitrogen and oxygen atoms in total. The van der Waals surface area contributed by atoms with Crippen molar-refractivity contribution in [3.8, 4) is 0 Å². The van der Waals surface area contributed by atoms with Gasteiger partial charge in [0.25, 0.3) is 0 Å². The molecule has 0 aliphatic heterocycles. The number of aliphatic hydroxyl groups excluding tert-OH is 1. The highest BCUT2D eigenvalue weighted by Gasteiger charge is 2.10. The zero-order chi connectivity index (χ0) is 13.8. The fraction of sp³-hybridized carbons (Fsp3) is 0.455. The quantitative estimate of drug-likeness (QED) is 0.558. The Hall–Kier alpha value is -1.31. The van der Waals surface area contributed by atoms with Crippen molar-refractivity contribution in [2.75, 3.05) is 24.2 Å². The van der Waals surface area contributed by atoms with Gasteiger partial charge in [-0.05, 0) is 30.5 Å². The SMILES string of the molecule is CC(CCO)CNc1ccc(S(N)(=O)=O)cc1N. The molecule has 0 fully saturated rings. The van der Waals surface area contributed by atoms with Gasteiger partial charge in [0.1, 0.15) is 0 Å². The van der Waals surface area contributed by atoms with E-state index in [1.165, 1.54) is 12.1 Å². The van der Waals surface area contributed by atoms with Crippen molar-refractivity contribution in [2.45, 2.75) is 18.2 Å². The summed E-state index contributed by atoms with van der Waals surface area (Å²) in [6.45, 7) is 2.79. The average Bonchev–Trinajstić information content (AvgIpc) is 2.26. The van der Waals surface area contributed by atoms with Gasteiger partial charge in [0.05, 0.1) is 16.3 Å². The van der Waals surface area contributed by atoms with Gasteiger partial charge >= 0.3 is 0 Å². The number of rotatable bonds is 6. The minimum atomic E-state index is -3.72. The molecule has 1 rings (SSSR count). The zero-order valence-electron chi connectivity index (χ0n) is 10.3. The third kappa shape index (κ3) is 4.17. The van der Waals surface area contributed by atoms with Crippen molar-refractivity contribution in [3.05, 3.63) is 18.2 Å². The minimum Gasteiger partial charge on any atom is -0.397 e. The number of nitrogen functional groups attached to an aromatic ring is 1. The fourth-order valence-electron chi connectivity index (χ4n) is 1.49. The van der Waals surface area contributed by atoms with Crippen LogP contribution in [0.15, 0.2) is 23.1 Å². The molecule has 0 spiro atoms. The van der Waals surface area contributed by atoms with Crippen molar-refractivity contribution in [1.82, 2.24) is 0 Å². The molecule has 0 amide bonds. The summed E-state index contributed by atoms with van der Waals surface area (Å²) in [6, 6.07) is 4.32. The van der Waals surface area contributed by atoms with Crippen LogP contribution in [-0.4, -0.2) is 26.7 Å². The molecule has 0 saturated carbocycles. The molecule has 0 aliphatic carbocycles. The zero-order valence-corrected chi connectivity index (χ0v) is 11.1. The summed E-state index contributed by atoms with van der Waals surface area (Å²) in [5, 5.41) is 16.9. The van der Waals surface area contributed by atoms with Gasteiger partial charge in [-0.3, -0.25) is 0 Å². The van der Waals surface area contributed by atoms with E-state index in [0.29, 0.717) is 30.3 Å². The Bertz CT molecular complexity index is 502. The number of sulfonamides is 1. The van der Waals surface area contributed by atoms with Crippen LogP contribution in [0, 0.1) is 5.92 Å². The lowest BCUT2D eigenvalue weighted by Gasteiger charge is -2.14. The van der Waals surface area contributed by atoms with Crippen LogP contribution in [0.5, 0.6) is 0 Å². The Balaban J connectivity index is 2.75. The molecule has 1 unspecified atom stereocenters. The maximum absolute atomic E-state index is 11.1. The van der Waals surface area contributed by atoms with E-state index in [9.17, 15) is 8.42 Å². The Morgan fingerprint density at radius 2 is 2.11 bits per heavy atom. The first-order valence-electron chi connectivity index (χ1n) is 5.61. The van der Waals surface area contributed by atoms with Gasteiger partial charge in [0, 0.05) is 13.2 Å². The Morgan fingerprint density at radius 3 is 2.61 bits per heavy atom. The Kier molecular flexibility index (Phi) is 4.94. The molecule has 18 heavy (non-hydrogen) atoms. The number of anilines is 2. The van der Waals surface area contributed by atoms with Crippen molar-refractivity contribution >= 4 is 21.4 Å². The van der Waals surface area contributed by atoms with Crippen molar-refractivity contribution in [3.63, 3.8) is 0 Å². The molecule has 0 bridgehead atoms. The van der Waals surface area contributed by atoms with Crippen molar-refractivity contribution < 1.29 is 13.5 Å². The van der Waals surface area contributed by atoms with Crippen LogP contribution in [-0.2, 0) is 10.0 Å². The molecule has 7 heteroatoms. The standard InChI is InChI=1S/C11H19N3O3S/c1-8(4-5-15)7-14-11-3-2-9(6-10(11)12)18(13,16)17/h2-3,6,8,14-15H,4-5,7,12H2,1H3,(H2,13,16,17). The molecule has 0 radical (unpaired) electrons. The largest absolute Gasteiger partial charge is 0.397 e. The maximum atomic E-state index is 11.1. The van der Waals surface area contributed by atoms with E-state index in [1.54, 1.807) is 6.07 Å². The number of benzene rings is 1. The molecular formula is C11H19N3O3S. The number of hydrogen-bond donors (Lipinski definition) is 4. The third-order valence-corrected chi connectivity index (χ3v) is 3.53. The molecule has 0 heterocycles. The van der Waals surface area contributed by atoms with Gasteiger partial charge in [-0.2, -0.15) is 0 Å². The maximum Gasteiger partial charge on any atom is 0.238 e. The average molecular weight is 273 g/mol. The van der Waals surface area contributed by atoms with E-state index in [0.717, 1.165) is 0 Å². The summed E-state index contributed by atoms with van der Waals surface area (Å²) < 4.78 is 22.2. The Labute approximate surface area is 107 Å². The monoisotopic (exact) mass is 273 g/mol. The lowest BCUT2D eigenvalue weighted by Crippen LogP contribution is -2.15. The molecule has 6 N–H and O–H groups in total. The Morgan fingerprint density at radius 1 is 1.44 bits per heavy atom. The van der Waals surface area contributed by atoms with E-state index >= 15 is 0 Å². The van der Waals surface area contributed by atoms with Crippen LogP contribution < -0.4 is 16.2 Å². The molecule has 102 valence electrons. The van der Waals surface area contributed by atoms with Crippen molar-refractivity contribution in [2.24, 2.45) is 11.1 Å². The third-order valence-electron chi connectivity index (χ3n) is 2.61. The van der Waals surface area contributed by atoms with Crippen molar-refractivity contribution in [1.29, 1.82) is 0 Å². The second-order valence-electron chi connectivity index (χ2n) is 4.29. The van der Waals surface area contributed by atoms with Crippen LogP contribution in [0.2, 0.25) is 0 Å². The predicted octanol–water partition coefficient (Wildman–Crippen LogP) is 0.347. The van der Waals surface area contributed by atoms with E-state index in [-0.39, 0.29) is 11.5 Å². The van der Waals surface area contributed by atoms with Crippen LogP contribution >= 0.6 is 0 Å². The molecule has 0 aliphatic rings. The second-order valence-corrected chi connectivity index (χ2v) is 5.85. The molecule has 1 aromatic carbocycles. The summed E-state index contributed by atoms with van der Waals surface area (Å²) in [5.41, 5.74) is 6.74. The van der Waals surface area contributed by atoms with Gasteiger partial charge in [-0.1, -0.05) is 6.92 Å². The summed E-state index contributed by atoms with van der Waals surface area (Å²) in [6.07, 6.45) is 0.697. The number of primary sulfonamides is 1. The first kappa shape index (κ1) is 14.7. The number of hydrogen-bond acceptors (Lipinski definition) is 5. The summed E-state index contributed by atoms with van der Waals surface area (Å²) in [5.74, 6) is 0.298. The van der Waals surface area contributed by atoms with Gasteiger partial charge in [0.2, 0.25) is 10.0 Å². The molecular weight excluding hydrogens is 254 g/mol. The number of nitrogens with one attached hydrogen (secondary N) is 1. The van der Waals surface area contributed by atoms with E-state index in [2.05, 4.69) is 5.32 Å². The first-order valence-corrected chi connectivity index (χ1v) is 7.16. The highest BCUT2D eigenvalue weighted by Crippen LogP contribution is 2.22. The van der Waals surface area contributed by atoms with Gasteiger partial charge < -0.3 is 16.2 Å². The highest BCUT2D eigenvalue weighted by molar-refractivity contribution is 7.89. The van der Waals surface area contributed by atoms with Crippen LogP contribution in [0.4, 0.5) is 11.4 Å². The second kappa shape index (κ2) is 6.03. The molecule has 1 atom stereocenters. The topological polar surface area (TPSA) is 118 Å². The number of aliphatic hydroxyl groups is 1. The molecule has 0 saturated heterocycles.